The molecule has 204 valence electrons. The maximum atomic E-state index is 13.3. The summed E-state index contributed by atoms with van der Waals surface area (Å²) in [4.78, 5) is 28.7. The Morgan fingerprint density at radius 3 is 2.35 bits per heavy atom. The molecule has 2 amide bonds. The minimum absolute atomic E-state index is 0.180. The third-order valence-electron chi connectivity index (χ3n) is 6.39. The number of anilines is 2. The van der Waals surface area contributed by atoms with Crippen molar-refractivity contribution in [1.29, 1.82) is 0 Å². The van der Waals surface area contributed by atoms with Crippen LogP contribution in [0.15, 0.2) is 78.3 Å². The van der Waals surface area contributed by atoms with Gasteiger partial charge in [0.1, 0.15) is 11.5 Å². The van der Waals surface area contributed by atoms with Crippen LogP contribution < -0.4 is 10.6 Å². The van der Waals surface area contributed by atoms with Gasteiger partial charge in [-0.15, -0.1) is 0 Å². The van der Waals surface area contributed by atoms with Crippen molar-refractivity contribution in [1.82, 2.24) is 29.6 Å². The molecule has 0 fully saturated rings. The Morgan fingerprint density at radius 2 is 1.70 bits per heavy atom. The molecule has 5 aromatic rings. The molecule has 5 rings (SSSR count). The number of carbonyl (C=O) groups excluding carboxylic acids is 1. The van der Waals surface area contributed by atoms with Crippen molar-refractivity contribution >= 4 is 40.1 Å². The Hall–Kier alpha value is -4.28. The topological polar surface area (TPSA) is 101 Å². The summed E-state index contributed by atoms with van der Waals surface area (Å²) in [5, 5.41) is 13.3. The first-order valence-corrected chi connectivity index (χ1v) is 14.2. The van der Waals surface area contributed by atoms with E-state index < -0.39 is 0 Å². The fourth-order valence-electron chi connectivity index (χ4n) is 4.42. The van der Waals surface area contributed by atoms with Crippen LogP contribution in [0.5, 0.6) is 0 Å². The Morgan fingerprint density at radius 1 is 0.950 bits per heavy atom. The third-order valence-corrected chi connectivity index (χ3v) is 6.97. The van der Waals surface area contributed by atoms with Gasteiger partial charge in [0.15, 0.2) is 5.16 Å². The maximum absolute atomic E-state index is 13.3. The zero-order chi connectivity index (χ0) is 28.2. The standard InChI is InChI=1S/C30H32N8OS/c1-19(2)27-14-28(38(36-27)22-16-32-30(40-5)33-17-22)35-29(39)34-26-13-12-23(24-8-6-7-9-25(24)26)20-10-11-21(31-15-20)18-37(3)4/h6-17,19H,18H2,1-5H3,(H2,34,35,39). The second kappa shape index (κ2) is 11.8. The van der Waals surface area contributed by atoms with Crippen LogP contribution in [-0.2, 0) is 6.54 Å². The van der Waals surface area contributed by atoms with E-state index in [0.717, 1.165) is 39.8 Å². The SMILES string of the molecule is CSc1ncc(-n2nc(C(C)C)cc2NC(=O)Nc2ccc(-c3ccc(CN(C)C)nc3)c3ccccc23)cn1. The van der Waals surface area contributed by atoms with Gasteiger partial charge in [-0.1, -0.05) is 62.0 Å². The molecule has 9 nitrogen and oxygen atoms in total. The van der Waals surface area contributed by atoms with Crippen molar-refractivity contribution in [3.05, 3.63) is 84.6 Å². The summed E-state index contributed by atoms with van der Waals surface area (Å²) in [6, 6.07) is 17.6. The number of urea groups is 1. The fraction of sp³-hybridized carbons (Fsp3) is 0.233. The average Bonchev–Trinajstić information content (AvgIpc) is 3.37. The highest BCUT2D eigenvalue weighted by molar-refractivity contribution is 7.98. The summed E-state index contributed by atoms with van der Waals surface area (Å²) in [5.41, 5.74) is 5.31. The van der Waals surface area contributed by atoms with Crippen LogP contribution in [0.1, 0.15) is 31.2 Å². The molecule has 0 aliphatic heterocycles. The molecule has 10 heteroatoms. The van der Waals surface area contributed by atoms with Gasteiger partial charge < -0.3 is 10.2 Å². The van der Waals surface area contributed by atoms with Gasteiger partial charge >= 0.3 is 6.03 Å². The minimum atomic E-state index is -0.370. The molecule has 2 N–H and O–H groups in total. The first-order chi connectivity index (χ1) is 19.3. The molecule has 0 aliphatic carbocycles. The van der Waals surface area contributed by atoms with Gasteiger partial charge in [-0.25, -0.2) is 19.4 Å². The van der Waals surface area contributed by atoms with Crippen molar-refractivity contribution in [2.75, 3.05) is 31.0 Å². The van der Waals surface area contributed by atoms with E-state index in [0.29, 0.717) is 22.3 Å². The molecule has 0 aliphatic rings. The first kappa shape index (κ1) is 27.3. The van der Waals surface area contributed by atoms with Crippen LogP contribution >= 0.6 is 11.8 Å². The molecule has 3 heterocycles. The predicted molar refractivity (Wildman–Crippen MR) is 162 cm³/mol. The van der Waals surface area contributed by atoms with E-state index in [4.69, 9.17) is 5.10 Å². The monoisotopic (exact) mass is 552 g/mol. The van der Waals surface area contributed by atoms with Crippen LogP contribution in [0, 0.1) is 0 Å². The van der Waals surface area contributed by atoms with Gasteiger partial charge in [0, 0.05) is 29.8 Å². The second-order valence-electron chi connectivity index (χ2n) is 10.0. The summed E-state index contributed by atoms with van der Waals surface area (Å²) in [6.07, 6.45) is 7.23. The lowest BCUT2D eigenvalue weighted by Crippen LogP contribution is -2.21. The van der Waals surface area contributed by atoms with E-state index in [9.17, 15) is 4.79 Å². The third kappa shape index (κ3) is 5.98. The zero-order valence-electron chi connectivity index (χ0n) is 23.2. The molecular weight excluding hydrogens is 520 g/mol. The van der Waals surface area contributed by atoms with E-state index >= 15 is 0 Å². The van der Waals surface area contributed by atoms with Gasteiger partial charge in [0.05, 0.1) is 29.5 Å². The molecule has 0 radical (unpaired) electrons. The van der Waals surface area contributed by atoms with Gasteiger partial charge in [0.25, 0.3) is 0 Å². The van der Waals surface area contributed by atoms with Gasteiger partial charge in [-0.2, -0.15) is 5.10 Å². The molecule has 2 aromatic carbocycles. The molecule has 0 spiro atoms. The highest BCUT2D eigenvalue weighted by Crippen LogP contribution is 2.33. The molecular formula is C30H32N8OS. The summed E-state index contributed by atoms with van der Waals surface area (Å²) in [7, 11) is 4.05. The Bertz CT molecular complexity index is 1630. The molecule has 0 saturated heterocycles. The number of nitrogens with zero attached hydrogens (tertiary/aromatic N) is 6. The molecule has 3 aromatic heterocycles. The largest absolute Gasteiger partial charge is 0.324 e. The second-order valence-corrected chi connectivity index (χ2v) is 10.8. The number of hydrogen-bond acceptors (Lipinski definition) is 7. The normalized spacial score (nSPS) is 11.4. The minimum Gasteiger partial charge on any atom is -0.307 e. The van der Waals surface area contributed by atoms with Crippen molar-refractivity contribution in [3.8, 4) is 16.8 Å². The van der Waals surface area contributed by atoms with E-state index in [1.165, 1.54) is 11.8 Å². The number of nitrogens with one attached hydrogen (secondary N) is 2. The van der Waals surface area contributed by atoms with Crippen molar-refractivity contribution in [2.24, 2.45) is 0 Å². The average molecular weight is 553 g/mol. The predicted octanol–water partition coefficient (Wildman–Crippen LogP) is 6.43. The molecule has 0 saturated carbocycles. The van der Waals surface area contributed by atoms with E-state index in [1.807, 2.05) is 62.9 Å². The highest BCUT2D eigenvalue weighted by atomic mass is 32.2. The Labute approximate surface area is 238 Å². The Balaban J connectivity index is 1.41. The number of carbonyl (C=O) groups is 1. The smallest absolute Gasteiger partial charge is 0.307 e. The van der Waals surface area contributed by atoms with Crippen LogP contribution in [0.4, 0.5) is 16.3 Å². The Kier molecular flexibility index (Phi) is 8.09. The van der Waals surface area contributed by atoms with Crippen LogP contribution in [-0.4, -0.2) is 56.0 Å². The summed E-state index contributed by atoms with van der Waals surface area (Å²) in [6.45, 7) is 4.90. The van der Waals surface area contributed by atoms with Crippen LogP contribution in [0.2, 0.25) is 0 Å². The maximum Gasteiger partial charge on any atom is 0.324 e. The number of benzene rings is 2. The van der Waals surface area contributed by atoms with Crippen molar-refractivity contribution < 1.29 is 4.79 Å². The van der Waals surface area contributed by atoms with Crippen LogP contribution in [0.25, 0.3) is 27.6 Å². The fourth-order valence-corrected chi connectivity index (χ4v) is 4.74. The number of hydrogen-bond donors (Lipinski definition) is 2. The number of rotatable bonds is 8. The summed E-state index contributed by atoms with van der Waals surface area (Å²) < 4.78 is 1.66. The number of fused-ring (bicyclic) bond motifs is 1. The lowest BCUT2D eigenvalue weighted by atomic mass is 9.98. The lowest BCUT2D eigenvalue weighted by Gasteiger charge is -2.14. The molecule has 0 atom stereocenters. The lowest BCUT2D eigenvalue weighted by molar-refractivity contribution is 0.262. The summed E-state index contributed by atoms with van der Waals surface area (Å²) in [5.74, 6) is 0.714. The van der Waals surface area contributed by atoms with Gasteiger partial charge in [-0.3, -0.25) is 10.3 Å². The van der Waals surface area contributed by atoms with E-state index in [2.05, 4.69) is 62.5 Å². The molecule has 0 unspecified atom stereocenters. The zero-order valence-corrected chi connectivity index (χ0v) is 24.0. The number of amides is 2. The first-order valence-electron chi connectivity index (χ1n) is 13.0. The molecule has 40 heavy (non-hydrogen) atoms. The van der Waals surface area contributed by atoms with Crippen LogP contribution in [0.3, 0.4) is 0 Å². The van der Waals surface area contributed by atoms with Crippen molar-refractivity contribution in [3.63, 3.8) is 0 Å². The highest BCUT2D eigenvalue weighted by Gasteiger charge is 2.17. The van der Waals surface area contributed by atoms with E-state index in [-0.39, 0.29) is 11.9 Å². The van der Waals surface area contributed by atoms with Gasteiger partial charge in [0.2, 0.25) is 0 Å². The number of aromatic nitrogens is 5. The molecule has 0 bridgehead atoms. The van der Waals surface area contributed by atoms with Crippen molar-refractivity contribution in [2.45, 2.75) is 31.5 Å². The van der Waals surface area contributed by atoms with Gasteiger partial charge in [-0.05, 0) is 49.4 Å². The summed E-state index contributed by atoms with van der Waals surface area (Å²) >= 11 is 1.46. The number of thioether (sulfide) groups is 1. The quantitative estimate of drug-likeness (QED) is 0.169. The number of pyridine rings is 1. The van der Waals surface area contributed by atoms with E-state index in [1.54, 1.807) is 17.1 Å².